The molecule has 0 saturated heterocycles. The molecule has 5 nitrogen and oxygen atoms in total. The van der Waals surface area contributed by atoms with Crippen molar-refractivity contribution in [2.45, 2.75) is 181 Å². The molecule has 0 spiro atoms. The SMILES string of the molecule is CCCCCCCCCCCC[N+](C)(C)CCCCCCCCCCOP(=O)(O)OCCCCCCCCCC. The normalized spacial score (nSPS) is 13.6. The molecule has 0 bridgehead atoms. The number of rotatable bonds is 33. The lowest BCUT2D eigenvalue weighted by Crippen LogP contribution is -2.41. The summed E-state index contributed by atoms with van der Waals surface area (Å²) in [5, 5.41) is 0. The molecule has 0 radical (unpaired) electrons. The highest BCUT2D eigenvalue weighted by Gasteiger charge is 2.20. The molecule has 0 rings (SSSR count). The third-order valence-corrected chi connectivity index (χ3v) is 9.30. The summed E-state index contributed by atoms with van der Waals surface area (Å²) in [4.78, 5) is 9.83. The molecule has 242 valence electrons. The van der Waals surface area contributed by atoms with Crippen LogP contribution >= 0.6 is 7.82 Å². The van der Waals surface area contributed by atoms with Gasteiger partial charge < -0.3 is 9.38 Å². The molecular weight excluding hydrogens is 517 g/mol. The lowest BCUT2D eigenvalue weighted by atomic mass is 10.1. The predicted molar refractivity (Wildman–Crippen MR) is 175 cm³/mol. The minimum absolute atomic E-state index is 0.317. The van der Waals surface area contributed by atoms with Crippen molar-refractivity contribution < 1.29 is 23.0 Å². The Balaban J connectivity index is 3.44. The maximum atomic E-state index is 12.0. The minimum Gasteiger partial charge on any atom is -0.328 e. The van der Waals surface area contributed by atoms with Crippen LogP contribution in [0.25, 0.3) is 0 Å². The smallest absolute Gasteiger partial charge is 0.328 e. The highest BCUT2D eigenvalue weighted by molar-refractivity contribution is 7.47. The number of phosphoric ester groups is 1. The first-order valence-electron chi connectivity index (χ1n) is 17.8. The Morgan fingerprint density at radius 3 is 1.00 bits per heavy atom. The van der Waals surface area contributed by atoms with Gasteiger partial charge in [0, 0.05) is 0 Å². The van der Waals surface area contributed by atoms with Gasteiger partial charge in [-0.1, -0.05) is 142 Å². The van der Waals surface area contributed by atoms with Crippen LogP contribution < -0.4 is 0 Å². The molecule has 40 heavy (non-hydrogen) atoms. The molecule has 0 aromatic heterocycles. The highest BCUT2D eigenvalue weighted by Crippen LogP contribution is 2.43. The van der Waals surface area contributed by atoms with Gasteiger partial charge in [0.2, 0.25) is 0 Å². The first-order valence-corrected chi connectivity index (χ1v) is 19.3. The Bertz CT molecular complexity index is 558. The van der Waals surface area contributed by atoms with Gasteiger partial charge >= 0.3 is 7.82 Å². The summed E-state index contributed by atoms with van der Waals surface area (Å²) in [5.41, 5.74) is 0. The second-order valence-corrected chi connectivity index (χ2v) is 14.5. The lowest BCUT2D eigenvalue weighted by molar-refractivity contribution is -0.890. The van der Waals surface area contributed by atoms with E-state index in [1.54, 1.807) is 0 Å². The van der Waals surface area contributed by atoms with Crippen LogP contribution in [-0.2, 0) is 13.6 Å². The quantitative estimate of drug-likeness (QED) is 0.0469. The Morgan fingerprint density at radius 1 is 0.450 bits per heavy atom. The van der Waals surface area contributed by atoms with Crippen molar-refractivity contribution in [2.75, 3.05) is 40.4 Å². The van der Waals surface area contributed by atoms with E-state index < -0.39 is 7.82 Å². The average Bonchev–Trinajstić information content (AvgIpc) is 2.91. The first-order chi connectivity index (χ1) is 19.3. The van der Waals surface area contributed by atoms with Crippen molar-refractivity contribution in [3.8, 4) is 0 Å². The molecule has 0 fully saturated rings. The summed E-state index contributed by atoms with van der Waals surface area (Å²) < 4.78 is 23.4. The minimum atomic E-state index is -3.87. The molecule has 0 aliphatic heterocycles. The van der Waals surface area contributed by atoms with Gasteiger partial charge in [0.25, 0.3) is 0 Å². The maximum Gasteiger partial charge on any atom is 0.472 e. The standard InChI is InChI=1S/C34H72NO4P/c1-5-7-9-11-13-15-16-19-23-27-31-35(3,4)32-28-24-20-17-18-22-26-30-34-39-40(36,37)38-33-29-25-21-14-12-10-8-6-2/h5-34H2,1-4H3/p+1. The van der Waals surface area contributed by atoms with Crippen molar-refractivity contribution in [2.24, 2.45) is 0 Å². The highest BCUT2D eigenvalue weighted by atomic mass is 31.2. The van der Waals surface area contributed by atoms with E-state index in [1.807, 2.05) is 0 Å². The Kier molecular flexibility index (Phi) is 29.2. The Labute approximate surface area is 251 Å². The van der Waals surface area contributed by atoms with Gasteiger partial charge in [0.05, 0.1) is 40.4 Å². The van der Waals surface area contributed by atoms with Gasteiger partial charge in [-0.2, -0.15) is 0 Å². The Hall–Kier alpha value is 0.0700. The molecule has 0 amide bonds. The van der Waals surface area contributed by atoms with Crippen LogP contribution in [0.1, 0.15) is 181 Å². The fourth-order valence-corrected chi connectivity index (χ4v) is 6.27. The zero-order valence-electron chi connectivity index (χ0n) is 27.8. The van der Waals surface area contributed by atoms with Crippen molar-refractivity contribution in [3.63, 3.8) is 0 Å². The van der Waals surface area contributed by atoms with E-state index in [2.05, 4.69) is 27.9 Å². The van der Waals surface area contributed by atoms with Crippen molar-refractivity contribution in [1.82, 2.24) is 0 Å². The molecule has 0 aromatic carbocycles. The van der Waals surface area contributed by atoms with Gasteiger partial charge in [0.15, 0.2) is 0 Å². The van der Waals surface area contributed by atoms with Gasteiger partial charge in [-0.3, -0.25) is 9.05 Å². The first kappa shape index (κ1) is 40.1. The van der Waals surface area contributed by atoms with Gasteiger partial charge in [-0.15, -0.1) is 0 Å². The van der Waals surface area contributed by atoms with Crippen LogP contribution in [0.2, 0.25) is 0 Å². The fourth-order valence-electron chi connectivity index (χ4n) is 5.47. The summed E-state index contributed by atoms with van der Waals surface area (Å²) in [6.45, 7) is 7.78. The van der Waals surface area contributed by atoms with Gasteiger partial charge in [-0.25, -0.2) is 4.57 Å². The predicted octanol–water partition coefficient (Wildman–Crippen LogP) is 11.4. The van der Waals surface area contributed by atoms with Crippen LogP contribution in [0.15, 0.2) is 0 Å². The maximum absolute atomic E-state index is 12.0. The third-order valence-electron chi connectivity index (χ3n) is 8.28. The van der Waals surface area contributed by atoms with E-state index in [9.17, 15) is 9.46 Å². The van der Waals surface area contributed by atoms with E-state index in [-0.39, 0.29) is 0 Å². The molecule has 1 unspecified atom stereocenters. The third kappa shape index (κ3) is 31.0. The van der Waals surface area contributed by atoms with Crippen LogP contribution in [0.4, 0.5) is 0 Å². The van der Waals surface area contributed by atoms with Gasteiger partial charge in [-0.05, 0) is 38.5 Å². The number of nitrogens with zero attached hydrogens (tertiary/aromatic N) is 1. The summed E-state index contributed by atoms with van der Waals surface area (Å²) in [6, 6.07) is 0. The van der Waals surface area contributed by atoms with Crippen molar-refractivity contribution in [3.05, 3.63) is 0 Å². The zero-order chi connectivity index (χ0) is 29.6. The van der Waals surface area contributed by atoms with Crippen LogP contribution in [0, 0.1) is 0 Å². The largest absolute Gasteiger partial charge is 0.472 e. The molecule has 1 atom stereocenters. The second kappa shape index (κ2) is 29.2. The van der Waals surface area contributed by atoms with Gasteiger partial charge in [0.1, 0.15) is 0 Å². The van der Waals surface area contributed by atoms with Crippen molar-refractivity contribution in [1.29, 1.82) is 0 Å². The molecule has 0 saturated carbocycles. The summed E-state index contributed by atoms with van der Waals surface area (Å²) in [5.74, 6) is 0. The van der Waals surface area contributed by atoms with Crippen LogP contribution in [-0.4, -0.2) is 49.8 Å². The number of phosphoric acid groups is 1. The van der Waals surface area contributed by atoms with E-state index in [0.29, 0.717) is 13.2 Å². The number of hydrogen-bond donors (Lipinski definition) is 1. The number of hydrogen-bond acceptors (Lipinski definition) is 3. The molecule has 0 aliphatic rings. The molecule has 1 N–H and O–H groups in total. The topological polar surface area (TPSA) is 55.8 Å². The molecule has 0 aromatic rings. The number of unbranched alkanes of at least 4 members (excludes halogenated alkanes) is 23. The Morgan fingerprint density at radius 2 is 0.700 bits per heavy atom. The van der Waals surface area contributed by atoms with E-state index in [4.69, 9.17) is 9.05 Å². The summed E-state index contributed by atoms with van der Waals surface area (Å²) in [6.07, 6.45) is 33.3. The summed E-state index contributed by atoms with van der Waals surface area (Å²) in [7, 11) is 0.940. The molecular formula is C34H73NO4P+. The van der Waals surface area contributed by atoms with Crippen LogP contribution in [0.5, 0.6) is 0 Å². The van der Waals surface area contributed by atoms with E-state index in [0.717, 1.165) is 25.7 Å². The monoisotopic (exact) mass is 591 g/mol. The average molecular weight is 591 g/mol. The van der Waals surface area contributed by atoms with E-state index >= 15 is 0 Å². The summed E-state index contributed by atoms with van der Waals surface area (Å²) >= 11 is 0. The van der Waals surface area contributed by atoms with Crippen molar-refractivity contribution >= 4 is 7.82 Å². The molecule has 0 aliphatic carbocycles. The molecule has 0 heterocycles. The lowest BCUT2D eigenvalue weighted by Gasteiger charge is -2.30. The van der Waals surface area contributed by atoms with Crippen LogP contribution in [0.3, 0.4) is 0 Å². The fraction of sp³-hybridized carbons (Fsp3) is 1.00. The number of quaternary nitrogens is 1. The molecule has 6 heteroatoms. The zero-order valence-corrected chi connectivity index (χ0v) is 28.7. The second-order valence-electron chi connectivity index (χ2n) is 13.0. The van der Waals surface area contributed by atoms with E-state index in [1.165, 1.54) is 159 Å².